The van der Waals surface area contributed by atoms with Gasteiger partial charge in [-0.05, 0) is 103 Å². The van der Waals surface area contributed by atoms with E-state index in [9.17, 15) is 14.4 Å². The third kappa shape index (κ3) is 46.9. The van der Waals surface area contributed by atoms with E-state index in [4.69, 9.17) is 14.2 Å². The number of carbonyl (C=O) groups excluding carboxylic acids is 3. The average molecular weight is 857 g/mol. The molecule has 1 unspecified atom stereocenters. The lowest BCUT2D eigenvalue weighted by Crippen LogP contribution is -2.30. The van der Waals surface area contributed by atoms with Gasteiger partial charge in [-0.2, -0.15) is 0 Å². The minimum Gasteiger partial charge on any atom is -0.462 e. The van der Waals surface area contributed by atoms with E-state index in [0.717, 1.165) is 109 Å². The molecule has 0 spiro atoms. The minimum atomic E-state index is -0.816. The van der Waals surface area contributed by atoms with Crippen molar-refractivity contribution in [3.8, 4) is 0 Å². The maximum Gasteiger partial charge on any atom is 0.306 e. The molecule has 0 fully saturated rings. The van der Waals surface area contributed by atoms with Gasteiger partial charge in [0.1, 0.15) is 13.2 Å². The molecule has 6 heteroatoms. The van der Waals surface area contributed by atoms with Crippen LogP contribution in [0.2, 0.25) is 0 Å². The van der Waals surface area contributed by atoms with Crippen molar-refractivity contribution in [2.75, 3.05) is 13.2 Å². The van der Waals surface area contributed by atoms with E-state index in [1.54, 1.807) is 0 Å². The standard InChI is InChI=1S/C56H88O6/c1-4-7-10-13-16-19-21-23-24-25-26-27-28-29-30-31-32-34-35-37-40-43-46-49-55(58)61-52-53(51-60-54(57)48-45-42-39-18-15-12-9-6-3)62-56(59)50-47-44-41-38-36-33-22-20-17-14-11-8-5-2/h7-8,10-11,16-17,19-20,23-24,26-27,29-30,32-34,36-37,40,53H,4-6,9,12-15,18,21-22,25,28,31,35,38-39,41-52H2,1-3H3/b10-7-,11-8-,19-16-,20-17-,24-23-,27-26-,30-29-,34-32-,36-33-,40-37-. The van der Waals surface area contributed by atoms with Gasteiger partial charge in [-0.3, -0.25) is 14.4 Å². The number of ether oxygens (including phenoxy) is 3. The molecule has 62 heavy (non-hydrogen) atoms. The van der Waals surface area contributed by atoms with Gasteiger partial charge in [0.15, 0.2) is 6.10 Å². The van der Waals surface area contributed by atoms with Crippen LogP contribution in [0.3, 0.4) is 0 Å². The molecule has 0 aliphatic heterocycles. The van der Waals surface area contributed by atoms with E-state index in [0.29, 0.717) is 19.3 Å². The molecule has 0 aliphatic rings. The lowest BCUT2D eigenvalue weighted by atomic mass is 10.1. The summed E-state index contributed by atoms with van der Waals surface area (Å²) >= 11 is 0. The van der Waals surface area contributed by atoms with Crippen LogP contribution >= 0.6 is 0 Å². The maximum atomic E-state index is 12.7. The van der Waals surface area contributed by atoms with E-state index >= 15 is 0 Å². The Morgan fingerprint density at radius 2 is 0.645 bits per heavy atom. The van der Waals surface area contributed by atoms with Crippen LogP contribution in [0.25, 0.3) is 0 Å². The number of carbonyl (C=O) groups is 3. The number of hydrogen-bond donors (Lipinski definition) is 0. The fraction of sp³-hybridized carbons (Fsp3) is 0.589. The smallest absolute Gasteiger partial charge is 0.306 e. The first-order valence-electron chi connectivity index (χ1n) is 24.5. The van der Waals surface area contributed by atoms with Crippen molar-refractivity contribution in [3.63, 3.8) is 0 Å². The van der Waals surface area contributed by atoms with Crippen molar-refractivity contribution < 1.29 is 28.6 Å². The van der Waals surface area contributed by atoms with Gasteiger partial charge in [-0.25, -0.2) is 0 Å². The Morgan fingerprint density at radius 1 is 0.339 bits per heavy atom. The Hall–Kier alpha value is -4.19. The summed E-state index contributed by atoms with van der Waals surface area (Å²) in [5, 5.41) is 0. The van der Waals surface area contributed by atoms with Crippen LogP contribution in [0, 0.1) is 0 Å². The second kappa shape index (κ2) is 49.5. The quantitative estimate of drug-likeness (QED) is 0.0263. The third-order valence-electron chi connectivity index (χ3n) is 9.71. The van der Waals surface area contributed by atoms with Crippen LogP contribution in [0.4, 0.5) is 0 Å². The molecule has 0 aromatic carbocycles. The van der Waals surface area contributed by atoms with E-state index in [1.807, 2.05) is 0 Å². The first-order chi connectivity index (χ1) is 30.5. The van der Waals surface area contributed by atoms with Crippen LogP contribution in [0.5, 0.6) is 0 Å². The summed E-state index contributed by atoms with van der Waals surface area (Å²) < 4.78 is 16.6. The number of unbranched alkanes of at least 4 members (excludes halogenated alkanes) is 11. The average Bonchev–Trinajstić information content (AvgIpc) is 3.27. The summed E-state index contributed by atoms with van der Waals surface area (Å²) in [7, 11) is 0. The second-order valence-electron chi connectivity index (χ2n) is 15.6. The molecule has 0 saturated carbocycles. The lowest BCUT2D eigenvalue weighted by molar-refractivity contribution is -0.167. The highest BCUT2D eigenvalue weighted by molar-refractivity contribution is 5.71. The van der Waals surface area contributed by atoms with E-state index in [2.05, 4.69) is 142 Å². The molecule has 0 saturated heterocycles. The van der Waals surface area contributed by atoms with Gasteiger partial charge >= 0.3 is 17.9 Å². The van der Waals surface area contributed by atoms with Gasteiger partial charge < -0.3 is 14.2 Å². The highest BCUT2D eigenvalue weighted by Gasteiger charge is 2.19. The molecule has 0 bridgehead atoms. The summed E-state index contributed by atoms with van der Waals surface area (Å²) in [6, 6.07) is 0. The van der Waals surface area contributed by atoms with Gasteiger partial charge in [0.05, 0.1) is 0 Å². The zero-order valence-corrected chi connectivity index (χ0v) is 39.6. The summed E-state index contributed by atoms with van der Waals surface area (Å²) in [5.74, 6) is -1.02. The van der Waals surface area contributed by atoms with Crippen molar-refractivity contribution in [3.05, 3.63) is 122 Å². The zero-order valence-electron chi connectivity index (χ0n) is 39.6. The second-order valence-corrected chi connectivity index (χ2v) is 15.6. The maximum absolute atomic E-state index is 12.7. The largest absolute Gasteiger partial charge is 0.462 e. The van der Waals surface area contributed by atoms with Crippen molar-refractivity contribution in [1.82, 2.24) is 0 Å². The zero-order chi connectivity index (χ0) is 45.1. The molecule has 0 amide bonds. The van der Waals surface area contributed by atoms with Gasteiger partial charge in [0.2, 0.25) is 0 Å². The van der Waals surface area contributed by atoms with E-state index in [1.165, 1.54) is 32.1 Å². The molecule has 0 radical (unpaired) electrons. The molecule has 0 aromatic heterocycles. The molecule has 6 nitrogen and oxygen atoms in total. The van der Waals surface area contributed by atoms with Crippen LogP contribution in [-0.4, -0.2) is 37.2 Å². The number of esters is 3. The van der Waals surface area contributed by atoms with E-state index < -0.39 is 6.10 Å². The molecule has 0 aliphatic carbocycles. The van der Waals surface area contributed by atoms with Gasteiger partial charge in [0, 0.05) is 19.3 Å². The highest BCUT2D eigenvalue weighted by atomic mass is 16.6. The molecule has 0 aromatic rings. The molecule has 1 atom stereocenters. The SMILES string of the molecule is CC/C=C\C/C=C\C/C=C\C/C=C\C/C=C\C/C=C\C/C=C\CCCC(=O)OCC(COC(=O)CCCCCCCCCC)OC(=O)CCCCC/C=C\C/C=C\C/C=C\CC. The molecular weight excluding hydrogens is 769 g/mol. The summed E-state index contributed by atoms with van der Waals surface area (Å²) in [6.45, 7) is 6.27. The monoisotopic (exact) mass is 857 g/mol. The van der Waals surface area contributed by atoms with E-state index in [-0.39, 0.29) is 44.0 Å². The van der Waals surface area contributed by atoms with Crippen molar-refractivity contribution in [2.24, 2.45) is 0 Å². The van der Waals surface area contributed by atoms with Crippen molar-refractivity contribution >= 4 is 17.9 Å². The normalized spacial score (nSPS) is 13.1. The Balaban J connectivity index is 4.44. The Morgan fingerprint density at radius 3 is 1.05 bits per heavy atom. The summed E-state index contributed by atoms with van der Waals surface area (Å²) in [4.78, 5) is 37.7. The predicted molar refractivity (Wildman–Crippen MR) is 265 cm³/mol. The predicted octanol–water partition coefficient (Wildman–Crippen LogP) is 16.1. The van der Waals surface area contributed by atoms with Crippen LogP contribution < -0.4 is 0 Å². The highest BCUT2D eigenvalue weighted by Crippen LogP contribution is 2.12. The van der Waals surface area contributed by atoms with Crippen molar-refractivity contribution in [1.29, 1.82) is 0 Å². The Bertz CT molecular complexity index is 1350. The summed E-state index contributed by atoms with van der Waals surface area (Å²) in [6.07, 6.45) is 67.7. The minimum absolute atomic E-state index is 0.111. The number of hydrogen-bond acceptors (Lipinski definition) is 6. The van der Waals surface area contributed by atoms with Crippen molar-refractivity contribution in [2.45, 2.75) is 200 Å². The molecular formula is C56H88O6. The third-order valence-corrected chi connectivity index (χ3v) is 9.71. The topological polar surface area (TPSA) is 78.9 Å². The summed E-state index contributed by atoms with van der Waals surface area (Å²) in [5.41, 5.74) is 0. The fourth-order valence-corrected chi connectivity index (χ4v) is 6.09. The van der Waals surface area contributed by atoms with Gasteiger partial charge in [-0.15, -0.1) is 0 Å². The Kier molecular flexibility index (Phi) is 46.1. The number of allylic oxidation sites excluding steroid dienone is 20. The first kappa shape index (κ1) is 57.8. The van der Waals surface area contributed by atoms with Crippen LogP contribution in [0.1, 0.15) is 194 Å². The van der Waals surface area contributed by atoms with Gasteiger partial charge in [-0.1, -0.05) is 194 Å². The Labute approximate surface area is 380 Å². The molecule has 348 valence electrons. The van der Waals surface area contributed by atoms with Crippen LogP contribution in [0.15, 0.2) is 122 Å². The molecule has 0 heterocycles. The first-order valence-corrected chi connectivity index (χ1v) is 24.5. The van der Waals surface area contributed by atoms with Crippen LogP contribution in [-0.2, 0) is 28.6 Å². The van der Waals surface area contributed by atoms with Gasteiger partial charge in [0.25, 0.3) is 0 Å². The fourth-order valence-electron chi connectivity index (χ4n) is 6.09. The lowest BCUT2D eigenvalue weighted by Gasteiger charge is -2.18. The molecule has 0 N–H and O–H groups in total. The number of rotatable bonds is 42. The molecule has 0 rings (SSSR count).